The molecule has 2 rings (SSSR count). The van der Waals surface area contributed by atoms with E-state index in [0.29, 0.717) is 5.56 Å². The lowest BCUT2D eigenvalue weighted by Crippen LogP contribution is -2.37. The third-order valence-electron chi connectivity index (χ3n) is 2.37. The second-order valence-electron chi connectivity index (χ2n) is 3.52. The van der Waals surface area contributed by atoms with E-state index < -0.39 is 17.5 Å². The van der Waals surface area contributed by atoms with E-state index in [4.69, 9.17) is 16.7 Å². The summed E-state index contributed by atoms with van der Waals surface area (Å²) in [5.41, 5.74) is -0.116. The number of rotatable bonds is 2. The lowest BCUT2D eigenvalue weighted by molar-refractivity contribution is -0.596. The average molecular weight is 268 g/mol. The molecule has 2 aromatic rings. The van der Waals surface area contributed by atoms with Gasteiger partial charge in [0, 0.05) is 11.6 Å². The van der Waals surface area contributed by atoms with Gasteiger partial charge in [-0.3, -0.25) is 0 Å². The Bertz CT molecular complexity index is 613. The van der Waals surface area contributed by atoms with Gasteiger partial charge in [-0.25, -0.2) is 9.18 Å². The molecule has 0 aliphatic rings. The Labute approximate surface area is 106 Å². The van der Waals surface area contributed by atoms with Crippen LogP contribution in [0.4, 0.5) is 4.39 Å². The third-order valence-corrected chi connectivity index (χ3v) is 2.68. The van der Waals surface area contributed by atoms with Crippen LogP contribution in [0.25, 0.3) is 11.3 Å². The Morgan fingerprint density at radius 1 is 1.22 bits per heavy atom. The summed E-state index contributed by atoms with van der Waals surface area (Å²) in [6.45, 7) is 0. The molecule has 6 heteroatoms. The molecule has 0 bridgehead atoms. The van der Waals surface area contributed by atoms with Crippen LogP contribution in [0.15, 0.2) is 36.4 Å². The van der Waals surface area contributed by atoms with Crippen molar-refractivity contribution in [3.05, 3.63) is 58.1 Å². The molecule has 1 N–H and O–H groups in total. The molecular weight excluding hydrogens is 261 g/mol. The zero-order valence-corrected chi connectivity index (χ0v) is 9.69. The van der Waals surface area contributed by atoms with E-state index in [2.05, 4.69) is 0 Å². The minimum Gasteiger partial charge on any atom is -0.618 e. The first kappa shape index (κ1) is 12.3. The van der Waals surface area contributed by atoms with Crippen molar-refractivity contribution < 1.29 is 19.0 Å². The van der Waals surface area contributed by atoms with Crippen molar-refractivity contribution in [1.29, 1.82) is 0 Å². The predicted molar refractivity (Wildman–Crippen MR) is 62.8 cm³/mol. The van der Waals surface area contributed by atoms with Gasteiger partial charge in [-0.2, -0.15) is 4.73 Å². The molecule has 0 aliphatic carbocycles. The monoisotopic (exact) mass is 267 g/mol. The van der Waals surface area contributed by atoms with Crippen molar-refractivity contribution in [2.45, 2.75) is 0 Å². The lowest BCUT2D eigenvalue weighted by atomic mass is 10.1. The van der Waals surface area contributed by atoms with Crippen LogP contribution in [0.2, 0.25) is 5.02 Å². The molecule has 18 heavy (non-hydrogen) atoms. The number of hydrogen-bond donors (Lipinski definition) is 1. The SMILES string of the molecule is O=C(O)c1ccc(Cl)c(-c2ccc(F)cc2)[n+]1[O-]. The predicted octanol–water partition coefficient (Wildman–Crippen LogP) is 2.48. The third kappa shape index (κ3) is 2.12. The summed E-state index contributed by atoms with van der Waals surface area (Å²) in [5.74, 6) is -1.81. The van der Waals surface area contributed by atoms with Crippen LogP contribution in [0, 0.1) is 11.0 Å². The maximum atomic E-state index is 12.8. The van der Waals surface area contributed by atoms with Gasteiger partial charge < -0.3 is 10.3 Å². The Balaban J connectivity index is 2.66. The fourth-order valence-corrected chi connectivity index (χ4v) is 1.79. The first-order valence-electron chi connectivity index (χ1n) is 4.92. The van der Waals surface area contributed by atoms with Gasteiger partial charge in [0.05, 0.1) is 0 Å². The fraction of sp³-hybridized carbons (Fsp3) is 0. The Kier molecular flexibility index (Phi) is 3.16. The highest BCUT2D eigenvalue weighted by atomic mass is 35.5. The topological polar surface area (TPSA) is 64.2 Å². The second kappa shape index (κ2) is 4.62. The first-order chi connectivity index (χ1) is 8.50. The summed E-state index contributed by atoms with van der Waals surface area (Å²) in [4.78, 5) is 10.8. The summed E-state index contributed by atoms with van der Waals surface area (Å²) in [5, 5.41) is 20.8. The molecular formula is C12H7ClFNO3. The normalized spacial score (nSPS) is 10.3. The molecule has 1 aromatic carbocycles. The number of carboxylic acids is 1. The minimum atomic E-state index is -1.36. The van der Waals surface area contributed by atoms with Crippen molar-refractivity contribution >= 4 is 17.6 Å². The molecule has 0 unspecified atom stereocenters. The first-order valence-corrected chi connectivity index (χ1v) is 5.30. The Morgan fingerprint density at radius 2 is 1.83 bits per heavy atom. The number of pyridine rings is 1. The molecule has 0 radical (unpaired) electrons. The zero-order chi connectivity index (χ0) is 13.3. The molecule has 0 saturated heterocycles. The van der Waals surface area contributed by atoms with Crippen LogP contribution in [0.5, 0.6) is 0 Å². The van der Waals surface area contributed by atoms with Gasteiger partial charge >= 0.3 is 11.7 Å². The van der Waals surface area contributed by atoms with Crippen molar-refractivity contribution in [3.63, 3.8) is 0 Å². The standard InChI is InChI=1S/C12H7ClFNO3/c13-9-5-6-10(12(16)17)15(18)11(9)7-1-3-8(14)4-2-7/h1-6H,(H,16,17). The number of carbonyl (C=O) groups is 1. The summed E-state index contributed by atoms with van der Waals surface area (Å²) in [6, 6.07) is 7.48. The van der Waals surface area contributed by atoms with E-state index in [1.54, 1.807) is 0 Å². The van der Waals surface area contributed by atoms with E-state index in [9.17, 15) is 14.4 Å². The molecule has 0 atom stereocenters. The number of halogens is 2. The Morgan fingerprint density at radius 3 is 2.39 bits per heavy atom. The smallest absolute Gasteiger partial charge is 0.402 e. The number of aromatic carboxylic acids is 1. The minimum absolute atomic E-state index is 0.0171. The van der Waals surface area contributed by atoms with E-state index in [1.165, 1.54) is 30.3 Å². The van der Waals surface area contributed by atoms with Crippen LogP contribution in [0.1, 0.15) is 10.5 Å². The van der Waals surface area contributed by atoms with Crippen molar-refractivity contribution in [1.82, 2.24) is 0 Å². The second-order valence-corrected chi connectivity index (χ2v) is 3.93. The van der Waals surface area contributed by atoms with Gasteiger partial charge in [0.25, 0.3) is 0 Å². The lowest BCUT2D eigenvalue weighted by Gasteiger charge is -2.08. The molecule has 92 valence electrons. The van der Waals surface area contributed by atoms with Gasteiger partial charge in [-0.05, 0) is 30.3 Å². The van der Waals surface area contributed by atoms with Crippen LogP contribution < -0.4 is 4.73 Å². The average Bonchev–Trinajstić information content (AvgIpc) is 2.31. The number of nitrogens with zero attached hydrogens (tertiary/aromatic N) is 1. The highest BCUT2D eigenvalue weighted by Gasteiger charge is 2.22. The van der Waals surface area contributed by atoms with Gasteiger partial charge in [0.1, 0.15) is 10.8 Å². The van der Waals surface area contributed by atoms with Crippen LogP contribution in [-0.4, -0.2) is 11.1 Å². The zero-order valence-electron chi connectivity index (χ0n) is 8.93. The molecule has 0 saturated carbocycles. The van der Waals surface area contributed by atoms with Crippen molar-refractivity contribution in [2.75, 3.05) is 0 Å². The summed E-state index contributed by atoms with van der Waals surface area (Å²) >= 11 is 5.87. The maximum absolute atomic E-state index is 12.8. The quantitative estimate of drug-likeness (QED) is 0.671. The largest absolute Gasteiger partial charge is 0.618 e. The van der Waals surface area contributed by atoms with Crippen molar-refractivity contribution in [3.8, 4) is 11.3 Å². The van der Waals surface area contributed by atoms with Gasteiger partial charge in [0.15, 0.2) is 0 Å². The van der Waals surface area contributed by atoms with Crippen LogP contribution in [0.3, 0.4) is 0 Å². The number of benzene rings is 1. The molecule has 0 aliphatic heterocycles. The highest BCUT2D eigenvalue weighted by Crippen LogP contribution is 2.24. The maximum Gasteiger partial charge on any atom is 0.402 e. The summed E-state index contributed by atoms with van der Waals surface area (Å²) in [6.07, 6.45) is 0. The summed E-state index contributed by atoms with van der Waals surface area (Å²) in [7, 11) is 0. The van der Waals surface area contributed by atoms with Crippen molar-refractivity contribution in [2.24, 2.45) is 0 Å². The van der Waals surface area contributed by atoms with Gasteiger partial charge in [0.2, 0.25) is 5.69 Å². The van der Waals surface area contributed by atoms with E-state index >= 15 is 0 Å². The van der Waals surface area contributed by atoms with E-state index in [-0.39, 0.29) is 15.4 Å². The molecule has 0 fully saturated rings. The number of carboxylic acid groups (broad SMARTS) is 1. The van der Waals surface area contributed by atoms with Gasteiger partial charge in [-0.15, -0.1) is 0 Å². The van der Waals surface area contributed by atoms with Crippen LogP contribution in [-0.2, 0) is 0 Å². The number of hydrogen-bond acceptors (Lipinski definition) is 2. The fourth-order valence-electron chi connectivity index (χ4n) is 1.54. The van der Waals surface area contributed by atoms with E-state index in [1.807, 2.05) is 0 Å². The van der Waals surface area contributed by atoms with Crippen LogP contribution >= 0.6 is 11.6 Å². The Hall–Kier alpha value is -2.14. The summed E-state index contributed by atoms with van der Waals surface area (Å²) < 4.78 is 13.0. The van der Waals surface area contributed by atoms with Gasteiger partial charge in [-0.1, -0.05) is 11.6 Å². The highest BCUT2D eigenvalue weighted by molar-refractivity contribution is 6.32. The number of aromatic nitrogens is 1. The molecule has 0 spiro atoms. The molecule has 1 aromatic heterocycles. The molecule has 4 nitrogen and oxygen atoms in total. The molecule has 0 amide bonds. The van der Waals surface area contributed by atoms with E-state index in [0.717, 1.165) is 6.07 Å². The molecule has 1 heterocycles.